The number of carboxylic acids is 1. The van der Waals surface area contributed by atoms with Gasteiger partial charge >= 0.3 is 5.97 Å². The zero-order valence-electron chi connectivity index (χ0n) is 14.1. The Morgan fingerprint density at radius 2 is 1.88 bits per heavy atom. The fraction of sp³-hybridized carbons (Fsp3) is 0.333. The number of amides is 1. The Kier molecular flexibility index (Phi) is 5.63. The molecule has 2 rings (SSSR count). The largest absolute Gasteiger partial charge is 0.481 e. The molecule has 0 aliphatic carbocycles. The molecule has 0 fully saturated rings. The third-order valence-electron chi connectivity index (χ3n) is 3.69. The van der Waals surface area contributed by atoms with Gasteiger partial charge in [0.15, 0.2) is 5.82 Å². The van der Waals surface area contributed by atoms with E-state index in [2.05, 4.69) is 9.97 Å². The zero-order chi connectivity index (χ0) is 17.7. The van der Waals surface area contributed by atoms with Gasteiger partial charge in [0.1, 0.15) is 0 Å². The Morgan fingerprint density at radius 1 is 1.21 bits per heavy atom. The summed E-state index contributed by atoms with van der Waals surface area (Å²) in [6.07, 6.45) is 1.43. The van der Waals surface area contributed by atoms with Crippen molar-refractivity contribution in [3.63, 3.8) is 0 Å². The molecule has 126 valence electrons. The zero-order valence-corrected chi connectivity index (χ0v) is 14.1. The number of rotatable bonds is 6. The second-order valence-corrected chi connectivity index (χ2v) is 5.79. The number of benzene rings is 1. The van der Waals surface area contributed by atoms with Gasteiger partial charge in [-0.2, -0.15) is 0 Å². The van der Waals surface area contributed by atoms with Crippen LogP contribution in [0, 0.1) is 6.92 Å². The van der Waals surface area contributed by atoms with Crippen LogP contribution in [-0.2, 0) is 4.79 Å². The Hall–Kier alpha value is -2.76. The molecular formula is C18H21N3O3. The van der Waals surface area contributed by atoms with E-state index < -0.39 is 5.97 Å². The molecule has 1 amide bonds. The van der Waals surface area contributed by atoms with Gasteiger partial charge in [-0.25, -0.2) is 9.97 Å². The first-order valence-electron chi connectivity index (χ1n) is 7.82. The van der Waals surface area contributed by atoms with Crippen molar-refractivity contribution in [2.75, 3.05) is 6.54 Å². The van der Waals surface area contributed by atoms with Crippen LogP contribution in [0.15, 0.2) is 36.5 Å². The third kappa shape index (κ3) is 4.16. The van der Waals surface area contributed by atoms with Crippen molar-refractivity contribution >= 4 is 11.9 Å². The average molecular weight is 327 g/mol. The van der Waals surface area contributed by atoms with E-state index in [0.29, 0.717) is 17.1 Å². The summed E-state index contributed by atoms with van der Waals surface area (Å²) in [4.78, 5) is 33.8. The van der Waals surface area contributed by atoms with Gasteiger partial charge in [-0.1, -0.05) is 30.3 Å². The number of aryl methyl sites for hydroxylation is 1. The second kappa shape index (κ2) is 7.68. The molecule has 1 N–H and O–H groups in total. The van der Waals surface area contributed by atoms with Gasteiger partial charge in [0, 0.05) is 24.3 Å². The van der Waals surface area contributed by atoms with Gasteiger partial charge in [-0.15, -0.1) is 0 Å². The number of aliphatic carboxylic acids is 1. The highest BCUT2D eigenvalue weighted by molar-refractivity contribution is 5.95. The topological polar surface area (TPSA) is 83.4 Å². The molecule has 1 aromatic carbocycles. The minimum Gasteiger partial charge on any atom is -0.481 e. The number of carbonyl (C=O) groups excluding carboxylic acids is 1. The molecule has 0 radical (unpaired) electrons. The molecular weight excluding hydrogens is 306 g/mol. The highest BCUT2D eigenvalue weighted by Gasteiger charge is 2.22. The van der Waals surface area contributed by atoms with E-state index in [1.54, 1.807) is 6.92 Å². The lowest BCUT2D eigenvalue weighted by molar-refractivity contribution is -0.137. The van der Waals surface area contributed by atoms with Crippen molar-refractivity contribution in [3.05, 3.63) is 47.8 Å². The maximum absolute atomic E-state index is 12.7. The number of hydrogen-bond donors (Lipinski definition) is 1. The minimum atomic E-state index is -0.930. The molecule has 0 aliphatic rings. The molecule has 6 nitrogen and oxygen atoms in total. The highest BCUT2D eigenvalue weighted by Crippen LogP contribution is 2.17. The number of carbonyl (C=O) groups is 2. The van der Waals surface area contributed by atoms with Crippen molar-refractivity contribution in [3.8, 4) is 11.4 Å². The molecule has 0 spiro atoms. The Labute approximate surface area is 141 Å². The average Bonchev–Trinajstić information content (AvgIpc) is 2.55. The van der Waals surface area contributed by atoms with E-state index in [9.17, 15) is 9.59 Å². The van der Waals surface area contributed by atoms with Gasteiger partial charge in [0.25, 0.3) is 5.91 Å². The quantitative estimate of drug-likeness (QED) is 0.882. The van der Waals surface area contributed by atoms with Crippen LogP contribution >= 0.6 is 0 Å². The van der Waals surface area contributed by atoms with Gasteiger partial charge < -0.3 is 10.0 Å². The molecule has 6 heteroatoms. The summed E-state index contributed by atoms with van der Waals surface area (Å²) in [6, 6.07) is 9.42. The van der Waals surface area contributed by atoms with E-state index >= 15 is 0 Å². The van der Waals surface area contributed by atoms with Crippen LogP contribution in [-0.4, -0.2) is 44.4 Å². The first-order valence-corrected chi connectivity index (χ1v) is 7.82. The van der Waals surface area contributed by atoms with Gasteiger partial charge in [-0.05, 0) is 20.8 Å². The van der Waals surface area contributed by atoms with Crippen LogP contribution in [0.1, 0.15) is 36.3 Å². The minimum absolute atomic E-state index is 0.0913. The van der Waals surface area contributed by atoms with Crippen LogP contribution in [0.5, 0.6) is 0 Å². The lowest BCUT2D eigenvalue weighted by atomic mass is 10.1. The van der Waals surface area contributed by atoms with E-state index in [0.717, 1.165) is 5.56 Å². The lowest BCUT2D eigenvalue weighted by Crippen LogP contribution is -2.39. The number of carboxylic acid groups (broad SMARTS) is 1. The van der Waals surface area contributed by atoms with Crippen molar-refractivity contribution < 1.29 is 14.7 Å². The third-order valence-corrected chi connectivity index (χ3v) is 3.69. The van der Waals surface area contributed by atoms with E-state index in [4.69, 9.17) is 5.11 Å². The van der Waals surface area contributed by atoms with Gasteiger partial charge in [0.2, 0.25) is 0 Å². The van der Waals surface area contributed by atoms with Crippen LogP contribution < -0.4 is 0 Å². The summed E-state index contributed by atoms with van der Waals surface area (Å²) in [5.41, 5.74) is 1.86. The molecule has 1 aromatic heterocycles. The van der Waals surface area contributed by atoms with Crippen LogP contribution in [0.2, 0.25) is 0 Å². The molecule has 24 heavy (non-hydrogen) atoms. The maximum atomic E-state index is 12.7. The van der Waals surface area contributed by atoms with Gasteiger partial charge in [0.05, 0.1) is 17.7 Å². The Morgan fingerprint density at radius 3 is 2.42 bits per heavy atom. The summed E-state index contributed by atoms with van der Waals surface area (Å²) in [7, 11) is 0. The summed E-state index contributed by atoms with van der Waals surface area (Å²) in [5.74, 6) is -0.615. The van der Waals surface area contributed by atoms with Crippen molar-refractivity contribution in [2.45, 2.75) is 33.2 Å². The smallest absolute Gasteiger partial charge is 0.305 e. The molecule has 0 unspecified atom stereocenters. The SMILES string of the molecule is Cc1nc(-c2ccccc2)ncc1C(=O)N(CCC(=O)O)C(C)C. The van der Waals surface area contributed by atoms with E-state index in [1.807, 2.05) is 44.2 Å². The van der Waals surface area contributed by atoms with E-state index in [-0.39, 0.29) is 24.9 Å². The van der Waals surface area contributed by atoms with Crippen molar-refractivity contribution in [1.29, 1.82) is 0 Å². The molecule has 2 aromatic rings. The Balaban J connectivity index is 2.27. The predicted molar refractivity (Wildman–Crippen MR) is 90.6 cm³/mol. The maximum Gasteiger partial charge on any atom is 0.305 e. The van der Waals surface area contributed by atoms with Crippen molar-refractivity contribution in [2.24, 2.45) is 0 Å². The summed E-state index contributed by atoms with van der Waals surface area (Å²) >= 11 is 0. The number of hydrogen-bond acceptors (Lipinski definition) is 4. The highest BCUT2D eigenvalue weighted by atomic mass is 16.4. The number of aromatic nitrogens is 2. The Bertz CT molecular complexity index is 730. The van der Waals surface area contributed by atoms with Gasteiger partial charge in [-0.3, -0.25) is 9.59 Å². The first-order chi connectivity index (χ1) is 11.4. The normalized spacial score (nSPS) is 10.7. The molecule has 0 bridgehead atoms. The lowest BCUT2D eigenvalue weighted by Gasteiger charge is -2.26. The van der Waals surface area contributed by atoms with Crippen LogP contribution in [0.4, 0.5) is 0 Å². The molecule has 1 heterocycles. The first kappa shape index (κ1) is 17.6. The molecule has 0 saturated heterocycles. The fourth-order valence-corrected chi connectivity index (χ4v) is 2.37. The monoisotopic (exact) mass is 327 g/mol. The van der Waals surface area contributed by atoms with E-state index in [1.165, 1.54) is 11.1 Å². The molecule has 0 atom stereocenters. The predicted octanol–water partition coefficient (Wildman–Crippen LogP) is 2.78. The fourth-order valence-electron chi connectivity index (χ4n) is 2.37. The summed E-state index contributed by atoms with van der Waals surface area (Å²) < 4.78 is 0. The second-order valence-electron chi connectivity index (χ2n) is 5.79. The molecule has 0 aliphatic heterocycles. The standard InChI is InChI=1S/C18H21N3O3/c1-12(2)21(10-9-16(22)23)18(24)15-11-19-17(20-13(15)3)14-7-5-4-6-8-14/h4-8,11-12H,9-10H2,1-3H3,(H,22,23). The summed E-state index contributed by atoms with van der Waals surface area (Å²) in [5, 5.41) is 8.85. The van der Waals surface area contributed by atoms with Crippen LogP contribution in [0.3, 0.4) is 0 Å². The van der Waals surface area contributed by atoms with Crippen LogP contribution in [0.25, 0.3) is 11.4 Å². The number of nitrogens with zero attached hydrogens (tertiary/aromatic N) is 3. The summed E-state index contributed by atoms with van der Waals surface area (Å²) in [6.45, 7) is 5.63. The molecule has 0 saturated carbocycles. The van der Waals surface area contributed by atoms with Crippen molar-refractivity contribution in [1.82, 2.24) is 14.9 Å².